The van der Waals surface area contributed by atoms with E-state index in [0.717, 1.165) is 25.7 Å². The van der Waals surface area contributed by atoms with Crippen molar-refractivity contribution >= 4 is 37.6 Å². The number of nitrogens with one attached hydrogen (secondary N) is 1. The topological polar surface area (TPSA) is 49.4 Å². The third-order valence-corrected chi connectivity index (χ3v) is 7.31. The highest BCUT2D eigenvalue weighted by Crippen LogP contribution is 2.30. The van der Waals surface area contributed by atoms with Crippen LogP contribution in [0.2, 0.25) is 5.02 Å². The van der Waals surface area contributed by atoms with Crippen molar-refractivity contribution in [2.24, 2.45) is 0 Å². The number of hydrogen-bond donors (Lipinski definition) is 1. The summed E-state index contributed by atoms with van der Waals surface area (Å²) in [5, 5.41) is 3.76. The maximum Gasteiger partial charge on any atom is 0.243 e. The van der Waals surface area contributed by atoms with E-state index in [-0.39, 0.29) is 10.9 Å². The van der Waals surface area contributed by atoms with Crippen LogP contribution in [0.4, 0.5) is 0 Å². The monoisotopic (exact) mass is 394 g/mol. The molecule has 1 fully saturated rings. The molecule has 0 unspecified atom stereocenters. The van der Waals surface area contributed by atoms with Gasteiger partial charge in [0.25, 0.3) is 0 Å². The Labute approximate surface area is 140 Å². The Morgan fingerprint density at radius 2 is 1.90 bits per heavy atom. The molecular weight excluding hydrogens is 376 g/mol. The van der Waals surface area contributed by atoms with Crippen molar-refractivity contribution in [3.63, 3.8) is 0 Å². The van der Waals surface area contributed by atoms with Crippen molar-refractivity contribution in [3.8, 4) is 0 Å². The summed E-state index contributed by atoms with van der Waals surface area (Å²) in [6, 6.07) is 5.28. The summed E-state index contributed by atoms with van der Waals surface area (Å²) in [7, 11) is 0.146. The minimum absolute atomic E-state index is 0.0639. The lowest BCUT2D eigenvalue weighted by Gasteiger charge is -2.33. The second-order valence-corrected chi connectivity index (χ2v) is 8.65. The van der Waals surface area contributed by atoms with E-state index in [2.05, 4.69) is 21.2 Å². The third-order valence-electron chi connectivity index (χ3n) is 4.19. The van der Waals surface area contributed by atoms with Crippen LogP contribution in [0.25, 0.3) is 0 Å². The van der Waals surface area contributed by atoms with Crippen LogP contribution >= 0.6 is 27.5 Å². The van der Waals surface area contributed by atoms with E-state index < -0.39 is 10.0 Å². The second-order valence-electron chi connectivity index (χ2n) is 5.39. The highest BCUT2D eigenvalue weighted by molar-refractivity contribution is 9.10. The van der Waals surface area contributed by atoms with Gasteiger partial charge in [-0.25, -0.2) is 8.42 Å². The van der Waals surface area contributed by atoms with Gasteiger partial charge in [0.1, 0.15) is 0 Å². The van der Waals surface area contributed by atoms with Crippen molar-refractivity contribution in [2.45, 2.75) is 42.7 Å². The second kappa shape index (κ2) is 6.96. The molecule has 4 nitrogen and oxygen atoms in total. The number of sulfonamides is 1. The van der Waals surface area contributed by atoms with E-state index in [1.54, 1.807) is 25.2 Å². The zero-order valence-corrected chi connectivity index (χ0v) is 15.3. The Kier molecular flexibility index (Phi) is 5.71. The van der Waals surface area contributed by atoms with Gasteiger partial charge < -0.3 is 5.32 Å². The van der Waals surface area contributed by atoms with E-state index in [0.29, 0.717) is 15.5 Å². The van der Waals surface area contributed by atoms with E-state index in [1.807, 2.05) is 7.05 Å². The molecule has 0 aromatic heterocycles. The maximum absolute atomic E-state index is 12.7. The number of halogens is 2. The van der Waals surface area contributed by atoms with E-state index >= 15 is 0 Å². The third kappa shape index (κ3) is 3.79. The average Bonchev–Trinajstić information content (AvgIpc) is 2.49. The Hall–Kier alpha value is -0.140. The van der Waals surface area contributed by atoms with Crippen LogP contribution in [-0.2, 0) is 10.0 Å². The number of hydrogen-bond acceptors (Lipinski definition) is 3. The predicted octanol–water partition coefficient (Wildman–Crippen LogP) is 3.25. The zero-order valence-electron chi connectivity index (χ0n) is 12.1. The molecule has 2 rings (SSSR count). The Balaban J connectivity index is 2.17. The van der Waals surface area contributed by atoms with Crippen molar-refractivity contribution < 1.29 is 8.42 Å². The molecule has 0 bridgehead atoms. The van der Waals surface area contributed by atoms with Gasteiger partial charge in [0, 0.05) is 23.6 Å². The number of nitrogens with zero attached hydrogens (tertiary/aromatic N) is 1. The summed E-state index contributed by atoms with van der Waals surface area (Å²) < 4.78 is 27.5. The summed E-state index contributed by atoms with van der Waals surface area (Å²) in [4.78, 5) is 0.275. The van der Waals surface area contributed by atoms with Crippen LogP contribution in [0.15, 0.2) is 27.6 Å². The molecular formula is C14H20BrClN2O2S. The van der Waals surface area contributed by atoms with Crippen LogP contribution < -0.4 is 5.32 Å². The molecule has 0 saturated heterocycles. The Morgan fingerprint density at radius 1 is 1.29 bits per heavy atom. The summed E-state index contributed by atoms with van der Waals surface area (Å²) in [6.45, 7) is 0. The molecule has 1 aromatic rings. The fourth-order valence-electron chi connectivity index (χ4n) is 2.73. The van der Waals surface area contributed by atoms with Gasteiger partial charge >= 0.3 is 0 Å². The molecule has 0 radical (unpaired) electrons. The normalized spacial score (nSPS) is 23.5. The average molecular weight is 396 g/mol. The fourth-order valence-corrected chi connectivity index (χ4v) is 4.82. The van der Waals surface area contributed by atoms with Gasteiger partial charge in [0.15, 0.2) is 0 Å². The summed E-state index contributed by atoms with van der Waals surface area (Å²) in [6.07, 6.45) is 3.78. The van der Waals surface area contributed by atoms with Crippen molar-refractivity contribution in [2.75, 3.05) is 14.1 Å². The highest BCUT2D eigenvalue weighted by atomic mass is 79.9. The molecule has 7 heteroatoms. The maximum atomic E-state index is 12.7. The summed E-state index contributed by atoms with van der Waals surface area (Å²) >= 11 is 9.21. The molecule has 118 valence electrons. The minimum atomic E-state index is -3.48. The van der Waals surface area contributed by atoms with E-state index in [4.69, 9.17) is 11.6 Å². The Morgan fingerprint density at radius 3 is 2.43 bits per heavy atom. The predicted molar refractivity (Wildman–Crippen MR) is 89.2 cm³/mol. The molecule has 1 aliphatic carbocycles. The van der Waals surface area contributed by atoms with Gasteiger partial charge in [-0.1, -0.05) is 11.6 Å². The van der Waals surface area contributed by atoms with E-state index in [1.165, 1.54) is 4.31 Å². The zero-order chi connectivity index (χ0) is 15.6. The van der Waals surface area contributed by atoms with Gasteiger partial charge in [0.05, 0.1) is 9.92 Å². The lowest BCUT2D eigenvalue weighted by molar-refractivity contribution is 0.255. The van der Waals surface area contributed by atoms with Crippen molar-refractivity contribution in [1.29, 1.82) is 0 Å². The Bertz CT molecular complexity index is 601. The number of benzene rings is 1. The molecule has 1 aliphatic rings. The highest BCUT2D eigenvalue weighted by Gasteiger charge is 2.31. The quantitative estimate of drug-likeness (QED) is 0.851. The van der Waals surface area contributed by atoms with Crippen molar-refractivity contribution in [3.05, 3.63) is 27.7 Å². The molecule has 1 saturated carbocycles. The van der Waals surface area contributed by atoms with Gasteiger partial charge in [-0.05, 0) is 66.9 Å². The smallest absolute Gasteiger partial charge is 0.243 e. The van der Waals surface area contributed by atoms with Crippen LogP contribution in [0.1, 0.15) is 25.7 Å². The first-order valence-corrected chi connectivity index (χ1v) is 9.57. The van der Waals surface area contributed by atoms with Crippen LogP contribution in [0.3, 0.4) is 0 Å². The first-order chi connectivity index (χ1) is 9.86. The largest absolute Gasteiger partial charge is 0.317 e. The van der Waals surface area contributed by atoms with Gasteiger partial charge in [-0.3, -0.25) is 0 Å². The lowest BCUT2D eigenvalue weighted by atomic mass is 9.91. The van der Waals surface area contributed by atoms with Crippen LogP contribution in [0.5, 0.6) is 0 Å². The lowest BCUT2D eigenvalue weighted by Crippen LogP contribution is -2.42. The molecule has 0 atom stereocenters. The van der Waals surface area contributed by atoms with Gasteiger partial charge in [0.2, 0.25) is 10.0 Å². The summed E-state index contributed by atoms with van der Waals surface area (Å²) in [5.74, 6) is 0. The first kappa shape index (κ1) is 17.2. The first-order valence-electron chi connectivity index (χ1n) is 6.96. The fraction of sp³-hybridized carbons (Fsp3) is 0.571. The molecule has 1 aromatic carbocycles. The van der Waals surface area contributed by atoms with Gasteiger partial charge in [-0.15, -0.1) is 0 Å². The molecule has 0 amide bonds. The molecule has 21 heavy (non-hydrogen) atoms. The standard InChI is InChI=1S/C14H20BrClN2O2S/c1-17-10-3-5-11(6-4-10)18(2)21(19,20)12-7-8-14(16)13(15)9-12/h7-11,17H,3-6H2,1-2H3. The number of rotatable bonds is 4. The van der Waals surface area contributed by atoms with Crippen LogP contribution in [-0.4, -0.2) is 38.9 Å². The molecule has 0 heterocycles. The van der Waals surface area contributed by atoms with Crippen molar-refractivity contribution in [1.82, 2.24) is 9.62 Å². The van der Waals surface area contributed by atoms with Gasteiger partial charge in [-0.2, -0.15) is 4.31 Å². The van der Waals surface area contributed by atoms with Crippen LogP contribution in [0, 0.1) is 0 Å². The molecule has 0 spiro atoms. The summed E-state index contributed by atoms with van der Waals surface area (Å²) in [5.41, 5.74) is 0. The molecule has 1 N–H and O–H groups in total. The SMILES string of the molecule is CNC1CCC(N(C)S(=O)(=O)c2ccc(Cl)c(Br)c2)CC1. The molecule has 0 aliphatic heterocycles. The minimum Gasteiger partial charge on any atom is -0.317 e. The van der Waals surface area contributed by atoms with E-state index in [9.17, 15) is 8.42 Å².